The first-order valence-electron chi connectivity index (χ1n) is 5.29. The molecule has 2 aromatic heterocycles. The van der Waals surface area contributed by atoms with Crippen LogP contribution in [0.15, 0.2) is 41.8 Å². The van der Waals surface area contributed by atoms with Gasteiger partial charge in [-0.15, -0.1) is 11.3 Å². The van der Waals surface area contributed by atoms with E-state index >= 15 is 0 Å². The summed E-state index contributed by atoms with van der Waals surface area (Å²) < 4.78 is 0. The summed E-state index contributed by atoms with van der Waals surface area (Å²) in [6, 6.07) is 11.4. The summed E-state index contributed by atoms with van der Waals surface area (Å²) in [4.78, 5) is 1.15. The van der Waals surface area contributed by atoms with Gasteiger partial charge in [0.25, 0.3) is 0 Å². The third kappa shape index (κ3) is 2.17. The standard InChI is InChI=1S/C13H8Cl2N2S/c14-8-3-4-9(10(15)6-8)11-7-12(17-16-11)13-2-1-5-18-13/h1-7H,(H,16,17). The van der Waals surface area contributed by atoms with Crippen molar-refractivity contribution >= 4 is 34.5 Å². The zero-order valence-electron chi connectivity index (χ0n) is 9.15. The average Bonchev–Trinajstić information content (AvgIpc) is 2.99. The SMILES string of the molecule is Clc1ccc(-c2cc(-c3cccs3)[nH]n2)c(Cl)c1. The maximum atomic E-state index is 6.16. The summed E-state index contributed by atoms with van der Waals surface area (Å²) in [6.45, 7) is 0. The molecule has 0 aliphatic rings. The van der Waals surface area contributed by atoms with Gasteiger partial charge in [0.05, 0.1) is 21.3 Å². The second kappa shape index (κ2) is 4.76. The Morgan fingerprint density at radius 1 is 1.11 bits per heavy atom. The molecule has 3 aromatic rings. The molecule has 0 bridgehead atoms. The molecule has 0 saturated carbocycles. The number of nitrogens with one attached hydrogen (secondary N) is 1. The van der Waals surface area contributed by atoms with E-state index in [2.05, 4.69) is 10.2 Å². The van der Waals surface area contributed by atoms with Crippen molar-refractivity contribution in [1.29, 1.82) is 0 Å². The quantitative estimate of drug-likeness (QED) is 0.699. The van der Waals surface area contributed by atoms with Crippen molar-refractivity contribution in [3.05, 3.63) is 51.8 Å². The van der Waals surface area contributed by atoms with E-state index in [1.54, 1.807) is 17.4 Å². The molecule has 0 amide bonds. The average molecular weight is 295 g/mol. The first kappa shape index (κ1) is 11.8. The molecule has 5 heteroatoms. The number of halogens is 2. The molecule has 90 valence electrons. The zero-order chi connectivity index (χ0) is 12.5. The van der Waals surface area contributed by atoms with Gasteiger partial charge in [0.1, 0.15) is 0 Å². The largest absolute Gasteiger partial charge is 0.276 e. The van der Waals surface area contributed by atoms with Crippen molar-refractivity contribution < 1.29 is 0 Å². The second-order valence-corrected chi connectivity index (χ2v) is 5.56. The first-order chi connectivity index (χ1) is 8.74. The summed E-state index contributed by atoms with van der Waals surface area (Å²) in [5.41, 5.74) is 2.69. The number of aromatic amines is 1. The van der Waals surface area contributed by atoms with Gasteiger partial charge in [-0.1, -0.05) is 29.3 Å². The van der Waals surface area contributed by atoms with E-state index in [0.29, 0.717) is 10.0 Å². The Balaban J connectivity index is 2.03. The molecule has 2 heterocycles. The third-order valence-corrected chi connectivity index (χ3v) is 4.02. The first-order valence-corrected chi connectivity index (χ1v) is 6.92. The lowest BCUT2D eigenvalue weighted by Crippen LogP contribution is -1.79. The predicted molar refractivity (Wildman–Crippen MR) is 77.4 cm³/mol. The molecular formula is C13H8Cl2N2S. The Morgan fingerprint density at radius 3 is 2.72 bits per heavy atom. The molecular weight excluding hydrogens is 287 g/mol. The van der Waals surface area contributed by atoms with Crippen molar-refractivity contribution in [3.63, 3.8) is 0 Å². The molecule has 0 fully saturated rings. The smallest absolute Gasteiger partial charge is 0.0942 e. The highest BCUT2D eigenvalue weighted by Gasteiger charge is 2.09. The molecule has 0 aliphatic heterocycles. The van der Waals surface area contributed by atoms with Crippen molar-refractivity contribution in [2.45, 2.75) is 0 Å². The fourth-order valence-electron chi connectivity index (χ4n) is 1.71. The Hall–Kier alpha value is -1.29. The highest BCUT2D eigenvalue weighted by Crippen LogP contribution is 2.32. The van der Waals surface area contributed by atoms with Crippen LogP contribution in [0.3, 0.4) is 0 Å². The summed E-state index contributed by atoms with van der Waals surface area (Å²) in [5.74, 6) is 0. The summed E-state index contributed by atoms with van der Waals surface area (Å²) in [7, 11) is 0. The van der Waals surface area contributed by atoms with Crippen LogP contribution in [0, 0.1) is 0 Å². The van der Waals surface area contributed by atoms with Crippen LogP contribution < -0.4 is 0 Å². The maximum Gasteiger partial charge on any atom is 0.0942 e. The molecule has 0 radical (unpaired) electrons. The molecule has 1 aromatic carbocycles. The number of hydrogen-bond acceptors (Lipinski definition) is 2. The van der Waals surface area contributed by atoms with Crippen LogP contribution in [0.5, 0.6) is 0 Å². The second-order valence-electron chi connectivity index (χ2n) is 3.77. The topological polar surface area (TPSA) is 28.7 Å². The molecule has 0 spiro atoms. The molecule has 0 aliphatic carbocycles. The van der Waals surface area contributed by atoms with Gasteiger partial charge in [0.2, 0.25) is 0 Å². The van der Waals surface area contributed by atoms with Crippen LogP contribution in [0.25, 0.3) is 21.8 Å². The molecule has 2 nitrogen and oxygen atoms in total. The number of hydrogen-bond donors (Lipinski definition) is 1. The minimum Gasteiger partial charge on any atom is -0.276 e. The van der Waals surface area contributed by atoms with Gasteiger partial charge in [-0.2, -0.15) is 5.10 Å². The van der Waals surface area contributed by atoms with Crippen molar-refractivity contribution in [3.8, 4) is 21.8 Å². The lowest BCUT2D eigenvalue weighted by atomic mass is 10.1. The Kier molecular flexibility index (Phi) is 3.12. The Labute approximate surface area is 118 Å². The Bertz CT molecular complexity index is 674. The van der Waals surface area contributed by atoms with E-state index in [1.165, 1.54) is 0 Å². The monoisotopic (exact) mass is 294 g/mol. The molecule has 1 N–H and O–H groups in total. The van der Waals surface area contributed by atoms with E-state index in [-0.39, 0.29) is 0 Å². The highest BCUT2D eigenvalue weighted by atomic mass is 35.5. The van der Waals surface area contributed by atoms with Crippen LogP contribution in [0.4, 0.5) is 0 Å². The van der Waals surface area contributed by atoms with Crippen LogP contribution >= 0.6 is 34.5 Å². The van der Waals surface area contributed by atoms with Crippen LogP contribution in [0.1, 0.15) is 0 Å². The lowest BCUT2D eigenvalue weighted by molar-refractivity contribution is 1.10. The van der Waals surface area contributed by atoms with Gasteiger partial charge < -0.3 is 0 Å². The molecule has 0 saturated heterocycles. The van der Waals surface area contributed by atoms with E-state index in [4.69, 9.17) is 23.2 Å². The molecule has 18 heavy (non-hydrogen) atoms. The van der Waals surface area contributed by atoms with E-state index in [0.717, 1.165) is 21.8 Å². The van der Waals surface area contributed by atoms with Gasteiger partial charge in [0, 0.05) is 10.6 Å². The lowest BCUT2D eigenvalue weighted by Gasteiger charge is -1.99. The Morgan fingerprint density at radius 2 is 2.00 bits per heavy atom. The van der Waals surface area contributed by atoms with E-state index in [1.807, 2.05) is 35.7 Å². The molecule has 3 rings (SSSR count). The summed E-state index contributed by atoms with van der Waals surface area (Å²) in [6.07, 6.45) is 0. The van der Waals surface area contributed by atoms with Crippen LogP contribution in [0.2, 0.25) is 10.0 Å². The summed E-state index contributed by atoms with van der Waals surface area (Å²) in [5, 5.41) is 10.6. The number of aromatic nitrogens is 2. The number of thiophene rings is 1. The molecule has 0 unspecified atom stereocenters. The number of rotatable bonds is 2. The van der Waals surface area contributed by atoms with Crippen LogP contribution in [-0.2, 0) is 0 Å². The van der Waals surface area contributed by atoms with Gasteiger partial charge in [0.15, 0.2) is 0 Å². The zero-order valence-corrected chi connectivity index (χ0v) is 11.5. The van der Waals surface area contributed by atoms with Gasteiger partial charge in [-0.3, -0.25) is 5.10 Å². The van der Waals surface area contributed by atoms with Gasteiger partial charge in [-0.25, -0.2) is 0 Å². The van der Waals surface area contributed by atoms with E-state index < -0.39 is 0 Å². The minimum atomic E-state index is 0.603. The number of nitrogens with zero attached hydrogens (tertiary/aromatic N) is 1. The fourth-order valence-corrected chi connectivity index (χ4v) is 2.91. The van der Waals surface area contributed by atoms with Crippen molar-refractivity contribution in [2.24, 2.45) is 0 Å². The van der Waals surface area contributed by atoms with Gasteiger partial charge in [-0.05, 0) is 35.7 Å². The predicted octanol–water partition coefficient (Wildman–Crippen LogP) is 5.11. The fraction of sp³-hybridized carbons (Fsp3) is 0. The maximum absolute atomic E-state index is 6.16. The molecule has 0 atom stereocenters. The van der Waals surface area contributed by atoms with Crippen molar-refractivity contribution in [2.75, 3.05) is 0 Å². The van der Waals surface area contributed by atoms with Gasteiger partial charge >= 0.3 is 0 Å². The number of benzene rings is 1. The summed E-state index contributed by atoms with van der Waals surface area (Å²) >= 11 is 13.7. The normalized spacial score (nSPS) is 10.8. The van der Waals surface area contributed by atoms with E-state index in [9.17, 15) is 0 Å². The number of H-pyrrole nitrogens is 1. The highest BCUT2D eigenvalue weighted by molar-refractivity contribution is 7.13. The van der Waals surface area contributed by atoms with Crippen LogP contribution in [-0.4, -0.2) is 10.2 Å². The minimum absolute atomic E-state index is 0.603. The third-order valence-electron chi connectivity index (χ3n) is 2.57. The van der Waals surface area contributed by atoms with Crippen molar-refractivity contribution in [1.82, 2.24) is 10.2 Å².